The van der Waals surface area contributed by atoms with E-state index in [0.717, 1.165) is 24.2 Å². The van der Waals surface area contributed by atoms with E-state index < -0.39 is 23.7 Å². The Morgan fingerprint density at radius 3 is 2.65 bits per heavy atom. The van der Waals surface area contributed by atoms with Crippen LogP contribution in [0.15, 0.2) is 54.1 Å². The number of ether oxygens (including phenoxy) is 2. The van der Waals surface area contributed by atoms with E-state index in [2.05, 4.69) is 11.9 Å². The molecule has 1 atom stereocenters. The average Bonchev–Trinajstić information content (AvgIpc) is 3.40. The monoisotopic (exact) mass is 540 g/mol. The summed E-state index contributed by atoms with van der Waals surface area (Å²) in [7, 11) is 1.25. The molecule has 1 aliphatic heterocycles. The predicted molar refractivity (Wildman–Crippen MR) is 141 cm³/mol. The first-order valence-corrected chi connectivity index (χ1v) is 12.8. The molecule has 2 heterocycles. The number of anilines is 1. The fourth-order valence-corrected chi connectivity index (χ4v) is 5.22. The molecule has 3 aromatic rings. The number of carbonyl (C=O) groups excluding carboxylic acids is 3. The second-order valence-corrected chi connectivity index (χ2v) is 9.77. The zero-order valence-corrected chi connectivity index (χ0v) is 22.1. The van der Waals surface area contributed by atoms with Gasteiger partial charge in [-0.15, -0.1) is 0 Å². The van der Waals surface area contributed by atoms with Crippen molar-refractivity contribution in [3.63, 3.8) is 0 Å². The van der Waals surface area contributed by atoms with Gasteiger partial charge in [-0.05, 0) is 43.2 Å². The Morgan fingerprint density at radius 1 is 1.19 bits per heavy atom. The summed E-state index contributed by atoms with van der Waals surface area (Å²) >= 11 is 7.18. The maximum absolute atomic E-state index is 13.4. The van der Waals surface area contributed by atoms with Crippen LogP contribution in [0.5, 0.6) is 5.75 Å². The number of hydrogen-bond donors (Lipinski definition) is 1. The molecule has 0 radical (unpaired) electrons. The lowest BCUT2D eigenvalue weighted by Crippen LogP contribution is -2.29. The highest BCUT2D eigenvalue weighted by molar-refractivity contribution is 7.17. The molecule has 10 heteroatoms. The van der Waals surface area contributed by atoms with Crippen LogP contribution in [-0.4, -0.2) is 41.5 Å². The predicted octanol–water partition coefficient (Wildman–Crippen LogP) is 5.70. The minimum Gasteiger partial charge on any atom is -0.507 e. The van der Waals surface area contributed by atoms with Gasteiger partial charge >= 0.3 is 11.9 Å². The number of rotatable bonds is 8. The van der Waals surface area contributed by atoms with Crippen molar-refractivity contribution in [1.29, 1.82) is 0 Å². The summed E-state index contributed by atoms with van der Waals surface area (Å²) in [6.45, 7) is 4.18. The minimum atomic E-state index is -1.03. The van der Waals surface area contributed by atoms with Gasteiger partial charge in [-0.25, -0.2) is 9.78 Å². The smallest absolute Gasteiger partial charge is 0.350 e. The number of aliphatic hydroxyl groups excluding tert-OH is 1. The SMILES string of the molecule is CCCCOc1cccc(/C(O)=C2\C(=O)C(=O)N(c3nc(C)c(C(=O)OC)s3)C2c2cccc(Cl)c2)c1. The lowest BCUT2D eigenvalue weighted by Gasteiger charge is -2.23. The average molecular weight is 541 g/mol. The van der Waals surface area contributed by atoms with Crippen LogP contribution in [0.3, 0.4) is 0 Å². The first kappa shape index (κ1) is 26.4. The summed E-state index contributed by atoms with van der Waals surface area (Å²) in [5.41, 5.74) is 1.06. The van der Waals surface area contributed by atoms with Crippen LogP contribution in [0, 0.1) is 6.92 Å². The number of nitrogens with zero attached hydrogens (tertiary/aromatic N) is 2. The van der Waals surface area contributed by atoms with Crippen molar-refractivity contribution < 1.29 is 29.0 Å². The number of hydrogen-bond acceptors (Lipinski definition) is 8. The van der Waals surface area contributed by atoms with Gasteiger partial charge in [-0.2, -0.15) is 0 Å². The van der Waals surface area contributed by atoms with Gasteiger partial charge in [-0.1, -0.05) is 60.5 Å². The largest absolute Gasteiger partial charge is 0.507 e. The molecule has 0 saturated carbocycles. The molecule has 37 heavy (non-hydrogen) atoms. The van der Waals surface area contributed by atoms with Crippen LogP contribution < -0.4 is 9.64 Å². The van der Waals surface area contributed by atoms with E-state index in [0.29, 0.717) is 34.2 Å². The molecule has 0 spiro atoms. The number of halogens is 1. The normalized spacial score (nSPS) is 16.8. The number of ketones is 1. The molecular formula is C27H25ClN2O6S. The quantitative estimate of drug-likeness (QED) is 0.128. The molecule has 192 valence electrons. The van der Waals surface area contributed by atoms with Gasteiger partial charge in [0.05, 0.1) is 31.0 Å². The van der Waals surface area contributed by atoms with Gasteiger partial charge in [-0.3, -0.25) is 14.5 Å². The molecule has 0 bridgehead atoms. The van der Waals surface area contributed by atoms with Crippen molar-refractivity contribution in [2.45, 2.75) is 32.7 Å². The zero-order valence-electron chi connectivity index (χ0n) is 20.5. The highest BCUT2D eigenvalue weighted by atomic mass is 35.5. The van der Waals surface area contributed by atoms with Gasteiger partial charge in [0.1, 0.15) is 16.4 Å². The van der Waals surface area contributed by atoms with Crippen molar-refractivity contribution in [2.75, 3.05) is 18.6 Å². The van der Waals surface area contributed by atoms with Crippen molar-refractivity contribution in [2.24, 2.45) is 0 Å². The highest BCUT2D eigenvalue weighted by Crippen LogP contribution is 2.44. The van der Waals surface area contributed by atoms with Crippen molar-refractivity contribution >= 4 is 51.5 Å². The molecule has 1 N–H and O–H groups in total. The molecule has 1 unspecified atom stereocenters. The fraction of sp³-hybridized carbons (Fsp3) is 0.259. The lowest BCUT2D eigenvalue weighted by atomic mass is 9.95. The number of unbranched alkanes of at least 4 members (excludes halogenated alkanes) is 1. The maximum atomic E-state index is 13.4. The molecule has 1 aliphatic rings. The third-order valence-electron chi connectivity index (χ3n) is 5.85. The van der Waals surface area contributed by atoms with E-state index in [4.69, 9.17) is 21.1 Å². The summed E-state index contributed by atoms with van der Waals surface area (Å²) in [6, 6.07) is 12.4. The Balaban J connectivity index is 1.86. The van der Waals surface area contributed by atoms with E-state index in [1.807, 2.05) is 0 Å². The fourth-order valence-electron chi connectivity index (χ4n) is 4.01. The van der Waals surface area contributed by atoms with Crippen LogP contribution >= 0.6 is 22.9 Å². The van der Waals surface area contributed by atoms with Gasteiger partial charge in [0.2, 0.25) is 0 Å². The standard InChI is InChI=1S/C27H25ClN2O6S/c1-4-5-12-36-19-11-7-9-17(14-19)22(31)20-21(16-8-6-10-18(28)13-16)30(25(33)23(20)32)27-29-15(2)24(37-27)26(34)35-3/h6-11,13-14,21,31H,4-5,12H2,1-3H3/b22-20+. The summed E-state index contributed by atoms with van der Waals surface area (Å²) in [6.07, 6.45) is 1.84. The second-order valence-electron chi connectivity index (χ2n) is 8.36. The van der Waals surface area contributed by atoms with E-state index in [-0.39, 0.29) is 21.3 Å². The molecule has 4 rings (SSSR count). The third kappa shape index (κ3) is 5.23. The number of methoxy groups -OCH3 is 1. The van der Waals surface area contributed by atoms with Crippen molar-refractivity contribution in [1.82, 2.24) is 4.98 Å². The molecule has 1 aromatic heterocycles. The first-order valence-electron chi connectivity index (χ1n) is 11.6. The van der Waals surface area contributed by atoms with Gasteiger partial charge in [0, 0.05) is 10.6 Å². The van der Waals surface area contributed by atoms with Gasteiger partial charge in [0.15, 0.2) is 5.13 Å². The third-order valence-corrected chi connectivity index (χ3v) is 7.22. The van der Waals surface area contributed by atoms with Crippen LogP contribution in [-0.2, 0) is 14.3 Å². The molecule has 1 saturated heterocycles. The molecule has 1 amide bonds. The maximum Gasteiger partial charge on any atom is 0.350 e. The number of aryl methyl sites for hydroxylation is 1. The van der Waals surface area contributed by atoms with Crippen LogP contribution in [0.2, 0.25) is 5.02 Å². The first-order chi connectivity index (χ1) is 17.8. The van der Waals surface area contributed by atoms with Crippen molar-refractivity contribution in [3.05, 3.63) is 80.8 Å². The van der Waals surface area contributed by atoms with Crippen LogP contribution in [0.4, 0.5) is 5.13 Å². The molecule has 8 nitrogen and oxygen atoms in total. The van der Waals surface area contributed by atoms with E-state index in [1.165, 1.54) is 12.0 Å². The number of benzene rings is 2. The number of thiazole rings is 1. The number of Topliss-reactive ketones (excluding diaryl/α,β-unsaturated/α-hetero) is 1. The number of aromatic nitrogens is 1. The summed E-state index contributed by atoms with van der Waals surface area (Å²) in [5, 5.41) is 11.9. The van der Waals surface area contributed by atoms with Gasteiger partial charge < -0.3 is 14.6 Å². The minimum absolute atomic E-state index is 0.120. The van der Waals surface area contributed by atoms with Crippen LogP contribution in [0.25, 0.3) is 5.76 Å². The van der Waals surface area contributed by atoms with E-state index in [1.54, 1.807) is 55.5 Å². The zero-order chi connectivity index (χ0) is 26.7. The van der Waals surface area contributed by atoms with Crippen LogP contribution in [0.1, 0.15) is 52.3 Å². The number of esters is 1. The summed E-state index contributed by atoms with van der Waals surface area (Å²) in [4.78, 5) is 44.7. The Labute approximate surface area is 223 Å². The van der Waals surface area contributed by atoms with Crippen molar-refractivity contribution in [3.8, 4) is 5.75 Å². The number of carbonyl (C=O) groups is 3. The Bertz CT molecular complexity index is 1400. The molecular weight excluding hydrogens is 516 g/mol. The molecule has 1 fully saturated rings. The van der Waals surface area contributed by atoms with E-state index in [9.17, 15) is 19.5 Å². The Hall–Kier alpha value is -3.69. The lowest BCUT2D eigenvalue weighted by molar-refractivity contribution is -0.132. The number of amides is 1. The molecule has 2 aromatic carbocycles. The number of aliphatic hydroxyl groups is 1. The molecule has 0 aliphatic carbocycles. The van der Waals surface area contributed by atoms with Gasteiger partial charge in [0.25, 0.3) is 5.78 Å². The summed E-state index contributed by atoms with van der Waals surface area (Å²) in [5.74, 6) is -2.19. The summed E-state index contributed by atoms with van der Waals surface area (Å²) < 4.78 is 10.6. The second kappa shape index (κ2) is 11.1. The Kier molecular flexibility index (Phi) is 7.94. The highest BCUT2D eigenvalue weighted by Gasteiger charge is 2.48. The topological polar surface area (TPSA) is 106 Å². The van der Waals surface area contributed by atoms with E-state index >= 15 is 0 Å². The Morgan fingerprint density at radius 2 is 1.95 bits per heavy atom.